The molecular formula is C29H28Cl2N4O8S. The molecule has 1 unspecified atom stereocenters. The zero-order chi connectivity index (χ0) is 31.6. The minimum atomic E-state index is -4.72. The second-order valence-corrected chi connectivity index (χ2v) is 12.3. The van der Waals surface area contributed by atoms with Crippen LogP contribution in [0, 0.1) is 0 Å². The van der Waals surface area contributed by atoms with Gasteiger partial charge in [0.1, 0.15) is 10.6 Å². The van der Waals surface area contributed by atoms with Crippen LogP contribution < -0.4 is 19.7 Å². The highest BCUT2D eigenvalue weighted by Gasteiger charge is 2.58. The molecule has 44 heavy (non-hydrogen) atoms. The van der Waals surface area contributed by atoms with Crippen LogP contribution in [0.25, 0.3) is 0 Å². The summed E-state index contributed by atoms with van der Waals surface area (Å²) in [6.07, 6.45) is -0.983. The maximum Gasteiger partial charge on any atom is 0.408 e. The fourth-order valence-corrected chi connectivity index (χ4v) is 7.22. The van der Waals surface area contributed by atoms with E-state index in [4.69, 9.17) is 37.4 Å². The van der Waals surface area contributed by atoms with Gasteiger partial charge in [-0.1, -0.05) is 41.4 Å². The van der Waals surface area contributed by atoms with Crippen molar-refractivity contribution >= 4 is 62.6 Å². The Morgan fingerprint density at radius 3 is 2.43 bits per heavy atom. The van der Waals surface area contributed by atoms with Crippen LogP contribution in [0.1, 0.15) is 18.1 Å². The molecule has 2 aliphatic heterocycles. The van der Waals surface area contributed by atoms with Gasteiger partial charge in [-0.05, 0) is 43.3 Å². The number of methoxy groups -OCH3 is 1. The van der Waals surface area contributed by atoms with Crippen molar-refractivity contribution in [1.29, 1.82) is 0 Å². The SMILES string of the molecule is CCOC(=O)NC1(c2ccccc2Cl)C(=O)N(S(=O)(=O)c2ccc(NC(=O)N3CCOCC3)cc2OC)c2ccc(Cl)cc21. The van der Waals surface area contributed by atoms with E-state index in [0.29, 0.717) is 30.6 Å². The van der Waals surface area contributed by atoms with E-state index < -0.39 is 27.6 Å². The molecule has 232 valence electrons. The number of fused-ring (bicyclic) bond motifs is 1. The van der Waals surface area contributed by atoms with E-state index in [1.54, 1.807) is 24.0 Å². The molecule has 0 aliphatic carbocycles. The standard InChI is InChI=1S/C29H28Cl2N4O8S/c1-3-43-28(38)33-29(20-6-4-5-7-22(20)31)21-16-18(30)8-10-23(21)35(26(29)36)44(39,40)25-11-9-19(17-24(25)41-2)32-27(37)34-12-14-42-15-13-34/h4-11,16-17H,3,12-15H2,1-2H3,(H,32,37)(H,33,38). The highest BCUT2D eigenvalue weighted by atomic mass is 35.5. The molecule has 4 amide bonds. The van der Waals surface area contributed by atoms with Gasteiger partial charge in [0.15, 0.2) is 5.54 Å². The Kier molecular flexibility index (Phi) is 8.93. The third kappa shape index (κ3) is 5.52. The normalized spacial score (nSPS) is 18.0. The molecular weight excluding hydrogens is 635 g/mol. The zero-order valence-electron chi connectivity index (χ0n) is 23.6. The number of halogens is 2. The van der Waals surface area contributed by atoms with Gasteiger partial charge in [0.05, 0.1) is 32.6 Å². The first-order valence-electron chi connectivity index (χ1n) is 13.5. The van der Waals surface area contributed by atoms with E-state index in [2.05, 4.69) is 10.6 Å². The lowest BCUT2D eigenvalue weighted by Gasteiger charge is -2.30. The number of hydrogen-bond donors (Lipinski definition) is 2. The summed E-state index contributed by atoms with van der Waals surface area (Å²) in [4.78, 5) is 41.4. The molecule has 3 aromatic rings. The molecule has 0 saturated carbocycles. The number of ether oxygens (including phenoxy) is 3. The summed E-state index contributed by atoms with van der Waals surface area (Å²) in [7, 11) is -3.46. The minimum Gasteiger partial charge on any atom is -0.495 e. The number of morpholine rings is 1. The number of benzene rings is 3. The molecule has 0 bridgehead atoms. The van der Waals surface area contributed by atoms with Gasteiger partial charge in [0.2, 0.25) is 0 Å². The Morgan fingerprint density at radius 1 is 1.02 bits per heavy atom. The molecule has 0 spiro atoms. The summed E-state index contributed by atoms with van der Waals surface area (Å²) < 4.78 is 45.1. The van der Waals surface area contributed by atoms with Crippen LogP contribution in [0.15, 0.2) is 65.6 Å². The number of alkyl carbamates (subject to hydrolysis) is 1. The number of sulfonamides is 1. The molecule has 0 radical (unpaired) electrons. The molecule has 5 rings (SSSR count). The Morgan fingerprint density at radius 2 is 1.75 bits per heavy atom. The quantitative estimate of drug-likeness (QED) is 0.374. The lowest BCUT2D eigenvalue weighted by atomic mass is 9.84. The van der Waals surface area contributed by atoms with Gasteiger partial charge in [-0.25, -0.2) is 18.0 Å². The second kappa shape index (κ2) is 12.5. The van der Waals surface area contributed by atoms with E-state index >= 15 is 0 Å². The first kappa shape index (κ1) is 31.4. The van der Waals surface area contributed by atoms with Crippen molar-refractivity contribution in [3.8, 4) is 5.75 Å². The van der Waals surface area contributed by atoms with Crippen LogP contribution >= 0.6 is 23.2 Å². The first-order chi connectivity index (χ1) is 21.0. The number of anilines is 2. The Balaban J connectivity index is 1.62. The molecule has 1 saturated heterocycles. The van der Waals surface area contributed by atoms with Crippen molar-refractivity contribution < 1.29 is 37.0 Å². The van der Waals surface area contributed by atoms with Crippen LogP contribution in [-0.4, -0.2) is 71.4 Å². The van der Waals surface area contributed by atoms with Crippen LogP contribution in [0.2, 0.25) is 10.0 Å². The van der Waals surface area contributed by atoms with Crippen molar-refractivity contribution in [1.82, 2.24) is 10.2 Å². The molecule has 15 heteroatoms. The summed E-state index contributed by atoms with van der Waals surface area (Å²) in [6, 6.07) is 14.0. The van der Waals surface area contributed by atoms with E-state index in [-0.39, 0.29) is 55.8 Å². The van der Waals surface area contributed by atoms with Crippen molar-refractivity contribution in [2.24, 2.45) is 0 Å². The Labute approximate surface area is 263 Å². The van der Waals surface area contributed by atoms with Gasteiger partial charge >= 0.3 is 12.1 Å². The molecule has 2 aliphatic rings. The van der Waals surface area contributed by atoms with E-state index in [0.717, 1.165) is 0 Å². The van der Waals surface area contributed by atoms with Gasteiger partial charge in [-0.15, -0.1) is 0 Å². The van der Waals surface area contributed by atoms with E-state index in [9.17, 15) is 22.8 Å². The highest BCUT2D eigenvalue weighted by Crippen LogP contribution is 2.50. The summed E-state index contributed by atoms with van der Waals surface area (Å²) in [6.45, 7) is 3.19. The van der Waals surface area contributed by atoms with E-state index in [1.807, 2.05) is 0 Å². The molecule has 0 aromatic heterocycles. The van der Waals surface area contributed by atoms with Gasteiger partial charge in [-0.2, -0.15) is 4.31 Å². The highest BCUT2D eigenvalue weighted by molar-refractivity contribution is 7.93. The average molecular weight is 664 g/mol. The molecule has 2 heterocycles. The number of urea groups is 1. The lowest BCUT2D eigenvalue weighted by Crippen LogP contribution is -2.55. The smallest absolute Gasteiger partial charge is 0.408 e. The average Bonchev–Trinajstić information content (AvgIpc) is 3.25. The molecule has 2 N–H and O–H groups in total. The third-order valence-electron chi connectivity index (χ3n) is 7.16. The Bertz CT molecular complexity index is 1730. The largest absolute Gasteiger partial charge is 0.495 e. The number of carbonyl (C=O) groups excluding carboxylic acids is 3. The maximum atomic E-state index is 14.6. The van der Waals surface area contributed by atoms with Crippen LogP contribution in [0.5, 0.6) is 5.75 Å². The molecule has 1 atom stereocenters. The van der Waals surface area contributed by atoms with E-state index in [1.165, 1.54) is 55.6 Å². The molecule has 3 aromatic carbocycles. The van der Waals surface area contributed by atoms with Crippen LogP contribution in [-0.2, 0) is 29.8 Å². The summed E-state index contributed by atoms with van der Waals surface area (Å²) in [5, 5.41) is 5.56. The summed E-state index contributed by atoms with van der Waals surface area (Å²) in [5.74, 6) is -1.19. The predicted octanol–water partition coefficient (Wildman–Crippen LogP) is 4.59. The lowest BCUT2D eigenvalue weighted by molar-refractivity contribution is -0.121. The number of amides is 4. The third-order valence-corrected chi connectivity index (χ3v) is 9.46. The van der Waals surface area contributed by atoms with Crippen LogP contribution in [0.3, 0.4) is 0 Å². The molecule has 1 fully saturated rings. The number of hydrogen-bond acceptors (Lipinski definition) is 8. The monoisotopic (exact) mass is 662 g/mol. The minimum absolute atomic E-state index is 0.0192. The number of rotatable bonds is 7. The van der Waals surface area contributed by atoms with Gasteiger partial charge in [-0.3, -0.25) is 10.1 Å². The fourth-order valence-electron chi connectivity index (χ4n) is 5.16. The topological polar surface area (TPSA) is 144 Å². The van der Waals surface area contributed by atoms with Gasteiger partial charge < -0.3 is 24.4 Å². The van der Waals surface area contributed by atoms with Crippen LogP contribution in [0.4, 0.5) is 21.0 Å². The first-order valence-corrected chi connectivity index (χ1v) is 15.7. The number of nitrogens with one attached hydrogen (secondary N) is 2. The summed E-state index contributed by atoms with van der Waals surface area (Å²) >= 11 is 12.9. The molecule has 12 nitrogen and oxygen atoms in total. The second-order valence-electron chi connectivity index (χ2n) is 9.71. The zero-order valence-corrected chi connectivity index (χ0v) is 26.0. The predicted molar refractivity (Wildman–Crippen MR) is 163 cm³/mol. The van der Waals surface area contributed by atoms with Crippen molar-refractivity contribution in [3.63, 3.8) is 0 Å². The summed E-state index contributed by atoms with van der Waals surface area (Å²) in [5.41, 5.74) is -1.76. The van der Waals surface area contributed by atoms with Gasteiger partial charge in [0.25, 0.3) is 15.9 Å². The van der Waals surface area contributed by atoms with Crippen molar-refractivity contribution in [2.45, 2.75) is 17.4 Å². The number of carbonyl (C=O) groups is 3. The fraction of sp³-hybridized carbons (Fsp3) is 0.276. The Hall–Kier alpha value is -4.04. The van der Waals surface area contributed by atoms with Gasteiger partial charge in [0, 0.05) is 46.0 Å². The number of nitrogens with zero attached hydrogens (tertiary/aromatic N) is 2. The van der Waals surface area contributed by atoms with Crippen molar-refractivity contribution in [2.75, 3.05) is 49.6 Å². The maximum absolute atomic E-state index is 14.6. The van der Waals surface area contributed by atoms with Crippen molar-refractivity contribution in [3.05, 3.63) is 81.8 Å².